The Bertz CT molecular complexity index is 1190. The summed E-state index contributed by atoms with van der Waals surface area (Å²) in [6.45, 7) is 4.07. The van der Waals surface area contributed by atoms with Gasteiger partial charge in [0.15, 0.2) is 0 Å². The molecule has 10 heteroatoms. The first kappa shape index (κ1) is 20.1. The molecular formula is C21H20N6O4. The molecule has 1 aliphatic rings. The molecule has 0 aliphatic carbocycles. The molecule has 10 nitrogen and oxygen atoms in total. The van der Waals surface area contributed by atoms with E-state index in [1.807, 2.05) is 13.0 Å². The number of non-ortho nitro benzene ring substituents is 1. The van der Waals surface area contributed by atoms with Gasteiger partial charge in [0, 0.05) is 17.8 Å². The fraction of sp³-hybridized carbons (Fsp3) is 0.190. The van der Waals surface area contributed by atoms with Crippen molar-refractivity contribution in [2.45, 2.75) is 19.9 Å². The molecule has 2 heterocycles. The summed E-state index contributed by atoms with van der Waals surface area (Å²) in [6, 6.07) is 12.6. The summed E-state index contributed by atoms with van der Waals surface area (Å²) in [5.41, 5.74) is 1.94. The average molecular weight is 420 g/mol. The number of allylic oxidation sites excluding steroid dienone is 1. The number of rotatable bonds is 6. The lowest BCUT2D eigenvalue weighted by molar-refractivity contribution is -0.384. The van der Waals surface area contributed by atoms with Crippen molar-refractivity contribution in [2.75, 3.05) is 17.2 Å². The standard InChI is InChI=1S/C21H20N6O4/c1-3-31-17-10-5-4-9-16(17)25-20(28)18-13(2)24-21-22-12-23-26(21)19(18)14-7-6-8-15(11-14)27(29)30/h4-12,19H,3H2,1-2H3,(H,25,28)(H,22,23,24). The highest BCUT2D eigenvalue weighted by Crippen LogP contribution is 2.36. The van der Waals surface area contributed by atoms with Crippen molar-refractivity contribution in [1.82, 2.24) is 14.8 Å². The van der Waals surface area contributed by atoms with Crippen molar-refractivity contribution < 1.29 is 14.5 Å². The van der Waals surface area contributed by atoms with Crippen molar-refractivity contribution in [3.05, 3.63) is 81.8 Å². The lowest BCUT2D eigenvalue weighted by atomic mass is 9.94. The summed E-state index contributed by atoms with van der Waals surface area (Å²) >= 11 is 0. The van der Waals surface area contributed by atoms with Crippen LogP contribution >= 0.6 is 0 Å². The summed E-state index contributed by atoms with van der Waals surface area (Å²) in [7, 11) is 0. The molecule has 158 valence electrons. The van der Waals surface area contributed by atoms with Crippen LogP contribution in [0.2, 0.25) is 0 Å². The van der Waals surface area contributed by atoms with Crippen LogP contribution in [0.4, 0.5) is 17.3 Å². The SMILES string of the molecule is CCOc1ccccc1NC(=O)C1=C(C)Nc2ncnn2C1c1cccc([N+](=O)[O-])c1. The van der Waals surface area contributed by atoms with Gasteiger partial charge in [-0.3, -0.25) is 14.9 Å². The number of para-hydroxylation sites is 2. The van der Waals surface area contributed by atoms with E-state index in [9.17, 15) is 14.9 Å². The largest absolute Gasteiger partial charge is 0.492 e. The number of nitrogens with one attached hydrogen (secondary N) is 2. The van der Waals surface area contributed by atoms with E-state index >= 15 is 0 Å². The zero-order valence-electron chi connectivity index (χ0n) is 16.9. The van der Waals surface area contributed by atoms with Crippen LogP contribution in [0.25, 0.3) is 0 Å². The molecule has 4 rings (SSSR count). The molecule has 3 aromatic rings. The molecule has 1 atom stereocenters. The van der Waals surface area contributed by atoms with Crippen molar-refractivity contribution in [3.8, 4) is 5.75 Å². The number of nitro groups is 1. The Morgan fingerprint density at radius 3 is 2.87 bits per heavy atom. The van der Waals surface area contributed by atoms with Crippen LogP contribution in [0.15, 0.2) is 66.1 Å². The zero-order valence-corrected chi connectivity index (χ0v) is 16.9. The van der Waals surface area contributed by atoms with Crippen LogP contribution in [0.5, 0.6) is 5.75 Å². The second-order valence-corrected chi connectivity index (χ2v) is 6.83. The molecule has 1 amide bonds. The molecular weight excluding hydrogens is 400 g/mol. The van der Waals surface area contributed by atoms with E-state index in [1.54, 1.807) is 37.3 Å². The van der Waals surface area contributed by atoms with E-state index in [1.165, 1.54) is 23.1 Å². The minimum Gasteiger partial charge on any atom is -0.492 e. The third-order valence-electron chi connectivity index (χ3n) is 4.87. The van der Waals surface area contributed by atoms with Crippen LogP contribution in [0.3, 0.4) is 0 Å². The number of aromatic nitrogens is 3. The van der Waals surface area contributed by atoms with E-state index in [4.69, 9.17) is 4.74 Å². The van der Waals surface area contributed by atoms with Crippen LogP contribution in [-0.2, 0) is 4.79 Å². The minimum absolute atomic E-state index is 0.0724. The summed E-state index contributed by atoms with van der Waals surface area (Å²) in [5.74, 6) is 0.615. The third kappa shape index (κ3) is 3.82. The number of nitrogens with zero attached hydrogens (tertiary/aromatic N) is 4. The molecule has 0 bridgehead atoms. The van der Waals surface area contributed by atoms with Gasteiger partial charge in [0.05, 0.1) is 22.8 Å². The molecule has 2 aromatic carbocycles. The van der Waals surface area contributed by atoms with Crippen LogP contribution < -0.4 is 15.4 Å². The molecule has 1 unspecified atom stereocenters. The Balaban J connectivity index is 1.77. The van der Waals surface area contributed by atoms with Crippen LogP contribution in [0.1, 0.15) is 25.5 Å². The number of amides is 1. The van der Waals surface area contributed by atoms with Crippen molar-refractivity contribution in [1.29, 1.82) is 0 Å². The number of ether oxygens (including phenoxy) is 1. The molecule has 0 saturated carbocycles. The second-order valence-electron chi connectivity index (χ2n) is 6.83. The third-order valence-corrected chi connectivity index (χ3v) is 4.87. The first-order valence-corrected chi connectivity index (χ1v) is 9.64. The maximum absolute atomic E-state index is 13.4. The predicted octanol–water partition coefficient (Wildman–Crippen LogP) is 3.51. The predicted molar refractivity (Wildman–Crippen MR) is 114 cm³/mol. The Morgan fingerprint density at radius 1 is 1.29 bits per heavy atom. The summed E-state index contributed by atoms with van der Waals surface area (Å²) in [6.07, 6.45) is 1.37. The Hall–Kier alpha value is -4.21. The summed E-state index contributed by atoms with van der Waals surface area (Å²) < 4.78 is 7.14. The Morgan fingerprint density at radius 2 is 2.10 bits per heavy atom. The lowest BCUT2D eigenvalue weighted by Gasteiger charge is -2.28. The van der Waals surface area contributed by atoms with Gasteiger partial charge in [-0.05, 0) is 31.5 Å². The maximum Gasteiger partial charge on any atom is 0.269 e. The number of fused-ring (bicyclic) bond motifs is 1. The molecule has 0 spiro atoms. The number of carbonyl (C=O) groups excluding carboxylic acids is 1. The maximum atomic E-state index is 13.4. The molecule has 0 saturated heterocycles. The zero-order chi connectivity index (χ0) is 22.0. The molecule has 1 aliphatic heterocycles. The van der Waals surface area contributed by atoms with E-state index < -0.39 is 11.0 Å². The number of anilines is 2. The number of carbonyl (C=O) groups is 1. The molecule has 0 radical (unpaired) electrons. The number of benzene rings is 2. The van der Waals surface area contributed by atoms with Crippen LogP contribution in [0, 0.1) is 10.1 Å². The molecule has 31 heavy (non-hydrogen) atoms. The van der Waals surface area contributed by atoms with Gasteiger partial charge in [-0.15, -0.1) is 0 Å². The van der Waals surface area contributed by atoms with Gasteiger partial charge < -0.3 is 15.4 Å². The van der Waals surface area contributed by atoms with Gasteiger partial charge in [-0.2, -0.15) is 10.1 Å². The fourth-order valence-electron chi connectivity index (χ4n) is 3.54. The first-order valence-electron chi connectivity index (χ1n) is 9.64. The van der Waals surface area contributed by atoms with Gasteiger partial charge in [-0.25, -0.2) is 4.68 Å². The van der Waals surface area contributed by atoms with E-state index in [0.717, 1.165) is 0 Å². The van der Waals surface area contributed by atoms with Crippen molar-refractivity contribution >= 4 is 23.2 Å². The highest BCUT2D eigenvalue weighted by molar-refractivity contribution is 6.06. The van der Waals surface area contributed by atoms with Gasteiger partial charge in [-0.1, -0.05) is 24.3 Å². The van der Waals surface area contributed by atoms with Gasteiger partial charge >= 0.3 is 0 Å². The Labute approximate surface area is 177 Å². The summed E-state index contributed by atoms with van der Waals surface area (Å²) in [5, 5.41) is 21.5. The van der Waals surface area contributed by atoms with Crippen molar-refractivity contribution in [3.63, 3.8) is 0 Å². The number of hydrogen-bond acceptors (Lipinski definition) is 7. The number of hydrogen-bond donors (Lipinski definition) is 2. The first-order chi connectivity index (χ1) is 15.0. The highest BCUT2D eigenvalue weighted by atomic mass is 16.6. The van der Waals surface area contributed by atoms with E-state index in [0.29, 0.717) is 40.8 Å². The smallest absolute Gasteiger partial charge is 0.269 e. The van der Waals surface area contributed by atoms with Gasteiger partial charge in [0.2, 0.25) is 5.95 Å². The van der Waals surface area contributed by atoms with E-state index in [-0.39, 0.29) is 11.6 Å². The van der Waals surface area contributed by atoms with Gasteiger partial charge in [0.25, 0.3) is 11.6 Å². The minimum atomic E-state index is -0.696. The Kier molecular flexibility index (Phi) is 5.35. The quantitative estimate of drug-likeness (QED) is 0.462. The summed E-state index contributed by atoms with van der Waals surface area (Å²) in [4.78, 5) is 28.4. The lowest BCUT2D eigenvalue weighted by Crippen LogP contribution is -2.31. The average Bonchev–Trinajstić information content (AvgIpc) is 3.22. The monoisotopic (exact) mass is 420 g/mol. The molecule has 1 aromatic heterocycles. The van der Waals surface area contributed by atoms with Crippen molar-refractivity contribution in [2.24, 2.45) is 0 Å². The topological polar surface area (TPSA) is 124 Å². The van der Waals surface area contributed by atoms with E-state index in [2.05, 4.69) is 20.7 Å². The molecule has 2 N–H and O–H groups in total. The van der Waals surface area contributed by atoms with Gasteiger partial charge in [0.1, 0.15) is 18.1 Å². The normalized spacial score (nSPS) is 15.1. The second kappa shape index (κ2) is 8.27. The fourth-order valence-corrected chi connectivity index (χ4v) is 3.54. The molecule has 0 fully saturated rings. The highest BCUT2D eigenvalue weighted by Gasteiger charge is 2.34. The van der Waals surface area contributed by atoms with Crippen LogP contribution in [-0.4, -0.2) is 32.2 Å². The number of nitro benzene ring substituents is 1.